The molecule has 0 radical (unpaired) electrons. The molecule has 2 unspecified atom stereocenters. The summed E-state index contributed by atoms with van der Waals surface area (Å²) in [5.74, 6) is 0.170. The third-order valence-corrected chi connectivity index (χ3v) is 3.32. The maximum Gasteiger partial charge on any atom is 0.220 e. The summed E-state index contributed by atoms with van der Waals surface area (Å²) >= 11 is 0. The zero-order valence-corrected chi connectivity index (χ0v) is 9.33. The summed E-state index contributed by atoms with van der Waals surface area (Å²) in [5, 5.41) is 12.9. The van der Waals surface area contributed by atoms with Gasteiger partial charge in [0.15, 0.2) is 0 Å². The van der Waals surface area contributed by atoms with Crippen molar-refractivity contribution in [3.63, 3.8) is 0 Å². The van der Waals surface area contributed by atoms with Gasteiger partial charge in [-0.25, -0.2) is 0 Å². The van der Waals surface area contributed by atoms with Crippen molar-refractivity contribution in [2.45, 2.75) is 44.2 Å². The number of likely N-dealkylation sites (tertiary alicyclic amines) is 1. The Morgan fingerprint density at radius 3 is 3.07 bits per heavy atom. The number of hydrogen-bond acceptors (Lipinski definition) is 3. The first-order chi connectivity index (χ1) is 7.05. The summed E-state index contributed by atoms with van der Waals surface area (Å²) in [7, 11) is 0. The van der Waals surface area contributed by atoms with Crippen molar-refractivity contribution in [1.82, 2.24) is 10.2 Å². The quantitative estimate of drug-likeness (QED) is 0.683. The van der Waals surface area contributed by atoms with E-state index in [1.807, 2.05) is 6.92 Å². The number of carbonyl (C=O) groups excluding carboxylic acids is 1. The van der Waals surface area contributed by atoms with Crippen LogP contribution in [-0.4, -0.2) is 47.2 Å². The molecule has 2 N–H and O–H groups in total. The highest BCUT2D eigenvalue weighted by Crippen LogP contribution is 2.21. The van der Waals surface area contributed by atoms with Crippen LogP contribution in [0.25, 0.3) is 0 Å². The minimum atomic E-state index is -0.541. The van der Waals surface area contributed by atoms with Gasteiger partial charge in [-0.15, -0.1) is 0 Å². The van der Waals surface area contributed by atoms with Crippen LogP contribution >= 0.6 is 0 Å². The van der Waals surface area contributed by atoms with Gasteiger partial charge in [-0.1, -0.05) is 0 Å². The van der Waals surface area contributed by atoms with Crippen LogP contribution in [0.4, 0.5) is 0 Å². The molecule has 0 saturated carbocycles. The monoisotopic (exact) mass is 212 g/mol. The molecule has 2 aliphatic rings. The molecule has 2 heterocycles. The predicted molar refractivity (Wildman–Crippen MR) is 57.5 cm³/mol. The van der Waals surface area contributed by atoms with Gasteiger partial charge in [0.05, 0.1) is 5.60 Å². The normalized spacial score (nSPS) is 38.0. The van der Waals surface area contributed by atoms with E-state index in [1.165, 1.54) is 0 Å². The Morgan fingerprint density at radius 2 is 2.47 bits per heavy atom. The van der Waals surface area contributed by atoms with E-state index in [9.17, 15) is 9.90 Å². The summed E-state index contributed by atoms with van der Waals surface area (Å²) in [4.78, 5) is 13.3. The summed E-state index contributed by atoms with van der Waals surface area (Å²) < 4.78 is 0. The Morgan fingerprint density at radius 1 is 1.67 bits per heavy atom. The van der Waals surface area contributed by atoms with Gasteiger partial charge >= 0.3 is 0 Å². The lowest BCUT2D eigenvalue weighted by molar-refractivity contribution is -0.119. The first kappa shape index (κ1) is 10.9. The van der Waals surface area contributed by atoms with Crippen LogP contribution in [0.15, 0.2) is 0 Å². The number of aliphatic hydroxyl groups is 1. The van der Waals surface area contributed by atoms with E-state index in [2.05, 4.69) is 10.2 Å². The molecule has 0 bridgehead atoms. The largest absolute Gasteiger partial charge is 0.389 e. The van der Waals surface area contributed by atoms with Crippen LogP contribution in [0.2, 0.25) is 0 Å². The van der Waals surface area contributed by atoms with Crippen molar-refractivity contribution < 1.29 is 9.90 Å². The number of β-amino-alcohol motifs (C(OH)–C–C–N with tert-alkyl or cyclic N) is 1. The lowest BCUT2D eigenvalue weighted by atomic mass is 9.95. The van der Waals surface area contributed by atoms with Crippen molar-refractivity contribution >= 4 is 5.91 Å². The molecular formula is C11H20N2O2. The fraction of sp³-hybridized carbons (Fsp3) is 0.909. The van der Waals surface area contributed by atoms with E-state index < -0.39 is 5.60 Å². The van der Waals surface area contributed by atoms with E-state index in [0.717, 1.165) is 38.9 Å². The summed E-state index contributed by atoms with van der Waals surface area (Å²) in [5.41, 5.74) is -0.541. The smallest absolute Gasteiger partial charge is 0.220 e. The van der Waals surface area contributed by atoms with Crippen LogP contribution in [0, 0.1) is 0 Å². The molecule has 2 rings (SSSR count). The van der Waals surface area contributed by atoms with Gasteiger partial charge in [0.2, 0.25) is 5.91 Å². The molecule has 2 aliphatic heterocycles. The number of rotatable bonds is 2. The third kappa shape index (κ3) is 2.92. The highest BCUT2D eigenvalue weighted by molar-refractivity contribution is 5.78. The predicted octanol–water partition coefficient (Wildman–Crippen LogP) is 0.112. The molecule has 2 saturated heterocycles. The molecule has 15 heavy (non-hydrogen) atoms. The van der Waals surface area contributed by atoms with E-state index in [-0.39, 0.29) is 5.91 Å². The van der Waals surface area contributed by atoms with Gasteiger partial charge in [0.25, 0.3) is 0 Å². The van der Waals surface area contributed by atoms with Crippen molar-refractivity contribution in [3.8, 4) is 0 Å². The average molecular weight is 212 g/mol. The lowest BCUT2D eigenvalue weighted by Gasteiger charge is -2.37. The number of nitrogens with zero attached hydrogens (tertiary/aromatic N) is 1. The van der Waals surface area contributed by atoms with E-state index >= 15 is 0 Å². The first-order valence-electron chi connectivity index (χ1n) is 5.79. The first-order valence-corrected chi connectivity index (χ1v) is 5.79. The third-order valence-electron chi connectivity index (χ3n) is 3.32. The molecule has 2 atom stereocenters. The fourth-order valence-corrected chi connectivity index (χ4v) is 2.61. The molecule has 86 valence electrons. The van der Waals surface area contributed by atoms with Crippen molar-refractivity contribution in [3.05, 3.63) is 0 Å². The number of piperidine rings is 1. The van der Waals surface area contributed by atoms with Crippen molar-refractivity contribution in [2.75, 3.05) is 19.6 Å². The molecule has 0 aromatic rings. The average Bonchev–Trinajstić information content (AvgIpc) is 2.49. The van der Waals surface area contributed by atoms with Crippen molar-refractivity contribution in [1.29, 1.82) is 0 Å². The number of carbonyl (C=O) groups is 1. The highest BCUT2D eigenvalue weighted by Gasteiger charge is 2.31. The molecule has 2 fully saturated rings. The second-order valence-corrected chi connectivity index (χ2v) is 5.14. The second-order valence-electron chi connectivity index (χ2n) is 5.14. The summed E-state index contributed by atoms with van der Waals surface area (Å²) in [6.45, 7) is 4.57. The summed E-state index contributed by atoms with van der Waals surface area (Å²) in [6, 6.07) is 0.298. The number of nitrogens with one attached hydrogen (secondary N) is 1. The van der Waals surface area contributed by atoms with Crippen LogP contribution < -0.4 is 5.32 Å². The summed E-state index contributed by atoms with van der Waals surface area (Å²) in [6.07, 6.45) is 3.54. The molecule has 0 aromatic carbocycles. The Labute approximate surface area is 90.6 Å². The molecule has 0 aromatic heterocycles. The lowest BCUT2D eigenvalue weighted by Crippen LogP contribution is -2.49. The Hall–Kier alpha value is -0.610. The molecule has 1 amide bonds. The van der Waals surface area contributed by atoms with Crippen LogP contribution in [0.3, 0.4) is 0 Å². The fourth-order valence-electron chi connectivity index (χ4n) is 2.61. The molecule has 0 aliphatic carbocycles. The van der Waals surface area contributed by atoms with Gasteiger partial charge in [0, 0.05) is 25.6 Å². The Bertz CT molecular complexity index is 253. The zero-order valence-electron chi connectivity index (χ0n) is 9.33. The maximum absolute atomic E-state index is 11.0. The number of amides is 1. The van der Waals surface area contributed by atoms with Crippen LogP contribution in [-0.2, 0) is 4.79 Å². The topological polar surface area (TPSA) is 52.6 Å². The SMILES string of the molecule is CC1(O)CCCN(CC2CCC(=O)N2)C1. The van der Waals surface area contributed by atoms with E-state index in [0.29, 0.717) is 12.5 Å². The van der Waals surface area contributed by atoms with Gasteiger partial charge in [0.1, 0.15) is 0 Å². The Balaban J connectivity index is 1.81. The minimum Gasteiger partial charge on any atom is -0.389 e. The second kappa shape index (κ2) is 4.10. The van der Waals surface area contributed by atoms with Gasteiger partial charge in [-0.05, 0) is 32.7 Å². The number of hydrogen-bond donors (Lipinski definition) is 2. The highest BCUT2D eigenvalue weighted by atomic mass is 16.3. The molecule has 4 nitrogen and oxygen atoms in total. The zero-order chi connectivity index (χ0) is 10.9. The standard InChI is InChI=1S/C11H20N2O2/c1-11(15)5-2-6-13(8-11)7-9-3-4-10(14)12-9/h9,15H,2-8H2,1H3,(H,12,14). The van der Waals surface area contributed by atoms with Crippen molar-refractivity contribution in [2.24, 2.45) is 0 Å². The minimum absolute atomic E-state index is 0.170. The van der Waals surface area contributed by atoms with Gasteiger partial charge in [-0.2, -0.15) is 0 Å². The molecule has 0 spiro atoms. The van der Waals surface area contributed by atoms with Gasteiger partial charge < -0.3 is 10.4 Å². The maximum atomic E-state index is 11.0. The molecular weight excluding hydrogens is 192 g/mol. The van der Waals surface area contributed by atoms with E-state index in [1.54, 1.807) is 0 Å². The van der Waals surface area contributed by atoms with E-state index in [4.69, 9.17) is 0 Å². The molecule has 4 heteroatoms. The van der Waals surface area contributed by atoms with Crippen LogP contribution in [0.5, 0.6) is 0 Å². The van der Waals surface area contributed by atoms with Gasteiger partial charge in [-0.3, -0.25) is 9.69 Å². The Kier molecular flexibility index (Phi) is 2.98. The van der Waals surface area contributed by atoms with Crippen LogP contribution in [0.1, 0.15) is 32.6 Å².